The summed E-state index contributed by atoms with van der Waals surface area (Å²) in [6.07, 6.45) is 8.29. The Morgan fingerprint density at radius 3 is 2.64 bits per heavy atom. The van der Waals surface area contributed by atoms with Crippen molar-refractivity contribution in [1.82, 2.24) is 0 Å². The van der Waals surface area contributed by atoms with Crippen molar-refractivity contribution in [1.29, 1.82) is 0 Å². The van der Waals surface area contributed by atoms with Crippen molar-refractivity contribution in [2.45, 2.75) is 26.7 Å². The second-order valence-corrected chi connectivity index (χ2v) is 2.03. The first-order chi connectivity index (χ1) is 5.43. The average Bonchev–Trinajstić information content (AvgIpc) is 2.11. The van der Waals surface area contributed by atoms with E-state index in [0.29, 0.717) is 6.61 Å². The summed E-state index contributed by atoms with van der Waals surface area (Å²) in [6, 6.07) is 0. The molecule has 1 N–H and O–H groups in total. The standard InChI is InChI=1S/C7H10O2.C2H6/c8-9-6-7-4-2-1-3-5-7;1-2/h2,4-5,8H,1,3,6H2;1-2H3. The lowest BCUT2D eigenvalue weighted by Crippen LogP contribution is -1.93. The zero-order valence-electron chi connectivity index (χ0n) is 7.21. The van der Waals surface area contributed by atoms with Gasteiger partial charge in [0.05, 0.1) is 0 Å². The Balaban J connectivity index is 0.000000461. The number of hydrogen-bond donors (Lipinski definition) is 1. The Bertz CT molecular complexity index is 136. The minimum absolute atomic E-state index is 0.316. The monoisotopic (exact) mass is 156 g/mol. The molecule has 1 aliphatic carbocycles. The highest BCUT2D eigenvalue weighted by Gasteiger charge is 1.94. The first-order valence-electron chi connectivity index (χ1n) is 4.05. The van der Waals surface area contributed by atoms with Crippen molar-refractivity contribution in [2.24, 2.45) is 0 Å². The molecule has 1 aliphatic rings. The Labute approximate surface area is 68.1 Å². The lowest BCUT2D eigenvalue weighted by atomic mass is 10.1. The molecule has 0 saturated heterocycles. The largest absolute Gasteiger partial charge is 0.251 e. The molecule has 0 amide bonds. The van der Waals surface area contributed by atoms with Crippen LogP contribution in [0, 0.1) is 0 Å². The third kappa shape index (κ3) is 4.76. The smallest absolute Gasteiger partial charge is 0.107 e. The summed E-state index contributed by atoms with van der Waals surface area (Å²) in [5.41, 5.74) is 1.06. The Hall–Kier alpha value is -0.600. The van der Waals surface area contributed by atoms with Gasteiger partial charge in [-0.2, -0.15) is 0 Å². The molecule has 0 aromatic rings. The third-order valence-electron chi connectivity index (χ3n) is 1.30. The van der Waals surface area contributed by atoms with Crippen LogP contribution in [-0.4, -0.2) is 11.9 Å². The van der Waals surface area contributed by atoms with Crippen LogP contribution in [0.1, 0.15) is 26.7 Å². The molecular formula is C9H16O2. The maximum Gasteiger partial charge on any atom is 0.107 e. The van der Waals surface area contributed by atoms with E-state index >= 15 is 0 Å². The number of rotatable bonds is 2. The van der Waals surface area contributed by atoms with Crippen LogP contribution in [0.25, 0.3) is 0 Å². The molecule has 0 fully saturated rings. The number of hydrogen-bond acceptors (Lipinski definition) is 2. The van der Waals surface area contributed by atoms with Gasteiger partial charge in [0.25, 0.3) is 0 Å². The Morgan fingerprint density at radius 2 is 2.18 bits per heavy atom. The highest BCUT2D eigenvalue weighted by Crippen LogP contribution is 2.08. The lowest BCUT2D eigenvalue weighted by molar-refractivity contribution is -0.233. The zero-order chi connectivity index (χ0) is 8.53. The van der Waals surface area contributed by atoms with Crippen molar-refractivity contribution in [3.63, 3.8) is 0 Å². The molecule has 0 spiro atoms. The van der Waals surface area contributed by atoms with Crippen LogP contribution in [0.2, 0.25) is 0 Å². The predicted molar refractivity (Wildman–Crippen MR) is 46.4 cm³/mol. The maximum absolute atomic E-state index is 8.04. The van der Waals surface area contributed by atoms with Gasteiger partial charge in [-0.1, -0.05) is 32.1 Å². The second kappa shape index (κ2) is 7.51. The van der Waals surface area contributed by atoms with Crippen LogP contribution >= 0.6 is 0 Å². The molecule has 0 radical (unpaired) electrons. The minimum Gasteiger partial charge on any atom is -0.251 e. The number of allylic oxidation sites excluding steroid dienone is 2. The Morgan fingerprint density at radius 1 is 1.45 bits per heavy atom. The molecule has 0 heterocycles. The van der Waals surface area contributed by atoms with Crippen molar-refractivity contribution in [3.8, 4) is 0 Å². The highest BCUT2D eigenvalue weighted by molar-refractivity contribution is 5.22. The molecule has 11 heavy (non-hydrogen) atoms. The van der Waals surface area contributed by atoms with E-state index in [4.69, 9.17) is 5.26 Å². The fourth-order valence-electron chi connectivity index (χ4n) is 0.849. The van der Waals surface area contributed by atoms with Gasteiger partial charge in [0.2, 0.25) is 0 Å². The van der Waals surface area contributed by atoms with E-state index in [-0.39, 0.29) is 0 Å². The van der Waals surface area contributed by atoms with E-state index in [0.717, 1.165) is 18.4 Å². The third-order valence-corrected chi connectivity index (χ3v) is 1.30. The van der Waals surface area contributed by atoms with E-state index in [1.54, 1.807) is 0 Å². The van der Waals surface area contributed by atoms with Crippen molar-refractivity contribution >= 4 is 0 Å². The van der Waals surface area contributed by atoms with E-state index < -0.39 is 0 Å². The first-order valence-corrected chi connectivity index (χ1v) is 4.05. The van der Waals surface area contributed by atoms with Gasteiger partial charge >= 0.3 is 0 Å². The van der Waals surface area contributed by atoms with Crippen molar-refractivity contribution in [2.75, 3.05) is 6.61 Å². The quantitative estimate of drug-likeness (QED) is 0.492. The molecular weight excluding hydrogens is 140 g/mol. The summed E-state index contributed by atoms with van der Waals surface area (Å²) < 4.78 is 0. The molecule has 0 aromatic carbocycles. The van der Waals surface area contributed by atoms with Gasteiger partial charge < -0.3 is 0 Å². The molecule has 2 nitrogen and oxygen atoms in total. The van der Waals surface area contributed by atoms with Crippen LogP contribution < -0.4 is 0 Å². The van der Waals surface area contributed by atoms with Gasteiger partial charge in [0.15, 0.2) is 0 Å². The van der Waals surface area contributed by atoms with E-state index in [1.807, 2.05) is 19.9 Å². The van der Waals surface area contributed by atoms with Gasteiger partial charge in [0, 0.05) is 0 Å². The van der Waals surface area contributed by atoms with Gasteiger partial charge in [-0.15, -0.1) is 0 Å². The average molecular weight is 156 g/mol. The fraction of sp³-hybridized carbons (Fsp3) is 0.556. The lowest BCUT2D eigenvalue weighted by Gasteiger charge is -2.02. The molecule has 0 aliphatic heterocycles. The zero-order valence-corrected chi connectivity index (χ0v) is 7.21. The SMILES string of the molecule is CC.OOCC1=CCCC=C1. The van der Waals surface area contributed by atoms with Crippen molar-refractivity contribution in [3.05, 3.63) is 23.8 Å². The van der Waals surface area contributed by atoms with Crippen LogP contribution in [-0.2, 0) is 4.89 Å². The van der Waals surface area contributed by atoms with Crippen molar-refractivity contribution < 1.29 is 10.1 Å². The van der Waals surface area contributed by atoms with Gasteiger partial charge in [-0.3, -0.25) is 5.26 Å². The van der Waals surface area contributed by atoms with Crippen LogP contribution in [0.3, 0.4) is 0 Å². The maximum atomic E-state index is 8.04. The highest BCUT2D eigenvalue weighted by atomic mass is 17.1. The molecule has 64 valence electrons. The molecule has 0 atom stereocenters. The van der Waals surface area contributed by atoms with E-state index in [9.17, 15) is 0 Å². The first kappa shape index (κ1) is 10.4. The molecule has 0 unspecified atom stereocenters. The van der Waals surface area contributed by atoms with E-state index in [1.165, 1.54) is 0 Å². The summed E-state index contributed by atoms with van der Waals surface area (Å²) in [7, 11) is 0. The minimum atomic E-state index is 0.316. The van der Waals surface area contributed by atoms with Gasteiger partial charge in [0.1, 0.15) is 6.61 Å². The molecule has 0 aromatic heterocycles. The summed E-state index contributed by atoms with van der Waals surface area (Å²) in [6.45, 7) is 4.32. The summed E-state index contributed by atoms with van der Waals surface area (Å²) in [5.74, 6) is 0. The van der Waals surface area contributed by atoms with Crippen LogP contribution in [0.4, 0.5) is 0 Å². The molecule has 1 rings (SSSR count). The second-order valence-electron chi connectivity index (χ2n) is 2.03. The normalized spacial score (nSPS) is 15.0. The summed E-state index contributed by atoms with van der Waals surface area (Å²) in [4.78, 5) is 3.96. The van der Waals surface area contributed by atoms with Gasteiger partial charge in [-0.25, -0.2) is 4.89 Å². The topological polar surface area (TPSA) is 29.5 Å². The summed E-state index contributed by atoms with van der Waals surface area (Å²) >= 11 is 0. The Kier molecular flexibility index (Phi) is 7.10. The van der Waals surface area contributed by atoms with Crippen LogP contribution in [0.5, 0.6) is 0 Å². The molecule has 0 bridgehead atoms. The summed E-state index contributed by atoms with van der Waals surface area (Å²) in [5, 5.41) is 8.04. The predicted octanol–water partition coefficient (Wildman–Crippen LogP) is 2.78. The van der Waals surface area contributed by atoms with E-state index in [2.05, 4.69) is 17.0 Å². The molecule has 2 heteroatoms. The van der Waals surface area contributed by atoms with Gasteiger partial charge in [-0.05, 0) is 18.4 Å². The molecule has 0 saturated carbocycles. The fourth-order valence-corrected chi connectivity index (χ4v) is 0.849. The van der Waals surface area contributed by atoms with Crippen LogP contribution in [0.15, 0.2) is 23.8 Å².